The van der Waals surface area contributed by atoms with Crippen LogP contribution in [0.4, 0.5) is 13.2 Å². The average Bonchev–Trinajstić information content (AvgIpc) is 2.72. The lowest BCUT2D eigenvalue weighted by atomic mass is 10.1. The van der Waals surface area contributed by atoms with E-state index in [1.165, 1.54) is 6.92 Å². The smallest absolute Gasteiger partial charge is 0.363 e. The number of halogens is 3. The van der Waals surface area contributed by atoms with Crippen molar-refractivity contribution in [3.63, 3.8) is 0 Å². The lowest BCUT2D eigenvalue weighted by Gasteiger charge is -1.99. The zero-order chi connectivity index (χ0) is 14.0. The van der Waals surface area contributed by atoms with Crippen molar-refractivity contribution in [2.24, 2.45) is 0 Å². The predicted octanol–water partition coefficient (Wildman–Crippen LogP) is 2.94. The van der Waals surface area contributed by atoms with Crippen LogP contribution < -0.4 is 0 Å². The molecule has 0 unspecified atom stereocenters. The van der Waals surface area contributed by atoms with Crippen molar-refractivity contribution in [3.05, 3.63) is 41.3 Å². The fourth-order valence-electron chi connectivity index (χ4n) is 1.45. The van der Waals surface area contributed by atoms with E-state index >= 15 is 0 Å². The first-order chi connectivity index (χ1) is 9.04. The Labute approximate surface area is 105 Å². The molecule has 0 fully saturated rings. The molecular formula is C12H8F3NO3. The summed E-state index contributed by atoms with van der Waals surface area (Å²) < 4.78 is 49.2. The molecule has 0 amide bonds. The fourth-order valence-corrected chi connectivity index (χ4v) is 1.45. The van der Waals surface area contributed by atoms with Crippen molar-refractivity contribution in [1.29, 1.82) is 0 Å². The van der Waals surface area contributed by atoms with Crippen LogP contribution in [0.15, 0.2) is 22.7 Å². The van der Waals surface area contributed by atoms with Crippen molar-refractivity contribution in [3.8, 4) is 11.3 Å². The van der Waals surface area contributed by atoms with Gasteiger partial charge in [0, 0.05) is 6.07 Å². The van der Waals surface area contributed by atoms with Crippen molar-refractivity contribution >= 4 is 5.97 Å². The minimum atomic E-state index is -1.15. The van der Waals surface area contributed by atoms with Crippen LogP contribution >= 0.6 is 0 Å². The molecule has 0 saturated heterocycles. The third-order valence-corrected chi connectivity index (χ3v) is 2.28. The standard InChI is InChI=1S/C12H8F3NO3/c1-2-18-12(17)10-9(15)11(19-16-10)7-4-3-6(13)5-8(7)14/h3-5H,2H2,1H3. The van der Waals surface area contributed by atoms with E-state index in [0.717, 1.165) is 12.1 Å². The Bertz CT molecular complexity index is 625. The second-order valence-electron chi connectivity index (χ2n) is 3.52. The van der Waals surface area contributed by atoms with E-state index in [1.54, 1.807) is 0 Å². The molecule has 0 aliphatic heterocycles. The van der Waals surface area contributed by atoms with Gasteiger partial charge >= 0.3 is 5.97 Å². The molecular weight excluding hydrogens is 263 g/mol. The van der Waals surface area contributed by atoms with E-state index in [4.69, 9.17) is 0 Å². The van der Waals surface area contributed by atoms with Crippen molar-refractivity contribution in [2.75, 3.05) is 6.61 Å². The number of rotatable bonds is 3. The fraction of sp³-hybridized carbons (Fsp3) is 0.167. The van der Waals surface area contributed by atoms with Crippen LogP contribution in [0.1, 0.15) is 17.4 Å². The Balaban J connectivity index is 2.44. The Morgan fingerprint density at radius 1 is 1.37 bits per heavy atom. The minimum absolute atomic E-state index is 0.0331. The molecule has 0 atom stereocenters. The monoisotopic (exact) mass is 271 g/mol. The van der Waals surface area contributed by atoms with E-state index in [-0.39, 0.29) is 12.2 Å². The Morgan fingerprint density at radius 3 is 2.74 bits per heavy atom. The number of hydrogen-bond acceptors (Lipinski definition) is 4. The predicted molar refractivity (Wildman–Crippen MR) is 57.8 cm³/mol. The molecule has 0 radical (unpaired) electrons. The normalized spacial score (nSPS) is 10.5. The number of nitrogens with zero attached hydrogens (tertiary/aromatic N) is 1. The topological polar surface area (TPSA) is 52.3 Å². The highest BCUT2D eigenvalue weighted by molar-refractivity contribution is 5.88. The molecule has 0 aliphatic carbocycles. The Hall–Kier alpha value is -2.31. The highest BCUT2D eigenvalue weighted by Gasteiger charge is 2.26. The van der Waals surface area contributed by atoms with Crippen molar-refractivity contribution in [1.82, 2.24) is 5.16 Å². The zero-order valence-electron chi connectivity index (χ0n) is 9.75. The van der Waals surface area contributed by atoms with Crippen LogP contribution in [0.5, 0.6) is 0 Å². The summed E-state index contributed by atoms with van der Waals surface area (Å²) >= 11 is 0. The molecule has 19 heavy (non-hydrogen) atoms. The molecule has 0 bridgehead atoms. The maximum atomic E-state index is 13.9. The summed E-state index contributed by atoms with van der Waals surface area (Å²) in [7, 11) is 0. The van der Waals surface area contributed by atoms with Gasteiger partial charge in [0.1, 0.15) is 11.6 Å². The summed E-state index contributed by atoms with van der Waals surface area (Å²) in [6.45, 7) is 1.57. The minimum Gasteiger partial charge on any atom is -0.461 e. The van der Waals surface area contributed by atoms with Gasteiger partial charge in [-0.05, 0) is 19.1 Å². The number of carbonyl (C=O) groups is 1. The van der Waals surface area contributed by atoms with Gasteiger partial charge in [0.05, 0.1) is 12.2 Å². The number of benzene rings is 1. The summed E-state index contributed by atoms with van der Waals surface area (Å²) in [4.78, 5) is 11.3. The van der Waals surface area contributed by atoms with Gasteiger partial charge in [0.15, 0.2) is 0 Å². The third kappa shape index (κ3) is 2.44. The molecule has 0 spiro atoms. The number of carbonyl (C=O) groups excluding carboxylic acids is 1. The number of ether oxygens (including phenoxy) is 1. The molecule has 7 heteroatoms. The average molecular weight is 271 g/mol. The van der Waals surface area contributed by atoms with E-state index in [9.17, 15) is 18.0 Å². The first-order valence-electron chi connectivity index (χ1n) is 5.32. The van der Waals surface area contributed by atoms with Gasteiger partial charge in [-0.3, -0.25) is 0 Å². The Kier molecular flexibility index (Phi) is 3.55. The summed E-state index contributed by atoms with van der Waals surface area (Å²) in [5, 5.41) is 3.19. The van der Waals surface area contributed by atoms with Crippen LogP contribution in [0.3, 0.4) is 0 Å². The summed E-state index contributed by atoms with van der Waals surface area (Å²) in [6.07, 6.45) is 0. The first kappa shape index (κ1) is 13.1. The summed E-state index contributed by atoms with van der Waals surface area (Å²) in [5.74, 6) is -4.58. The lowest BCUT2D eigenvalue weighted by Crippen LogP contribution is -2.07. The maximum absolute atomic E-state index is 13.9. The molecule has 1 heterocycles. The quantitative estimate of drug-likeness (QED) is 0.805. The lowest BCUT2D eigenvalue weighted by molar-refractivity contribution is 0.0510. The van der Waals surface area contributed by atoms with Gasteiger partial charge in [-0.15, -0.1) is 0 Å². The highest BCUT2D eigenvalue weighted by Crippen LogP contribution is 2.28. The molecule has 4 nitrogen and oxygen atoms in total. The van der Waals surface area contributed by atoms with Crippen LogP contribution in [0.25, 0.3) is 11.3 Å². The summed E-state index contributed by atoms with van der Waals surface area (Å²) in [5.41, 5.74) is -1.01. The Morgan fingerprint density at radius 2 is 2.11 bits per heavy atom. The SMILES string of the molecule is CCOC(=O)c1noc(-c2ccc(F)cc2F)c1F. The van der Waals surface area contributed by atoms with E-state index in [2.05, 4.69) is 14.4 Å². The largest absolute Gasteiger partial charge is 0.461 e. The molecule has 0 N–H and O–H groups in total. The van der Waals surface area contributed by atoms with Crippen LogP contribution in [-0.4, -0.2) is 17.7 Å². The van der Waals surface area contributed by atoms with Gasteiger partial charge in [0.2, 0.25) is 17.3 Å². The van der Waals surface area contributed by atoms with Gasteiger partial charge < -0.3 is 9.26 Å². The second-order valence-corrected chi connectivity index (χ2v) is 3.52. The number of aromatic nitrogens is 1. The van der Waals surface area contributed by atoms with Crippen LogP contribution in [0.2, 0.25) is 0 Å². The maximum Gasteiger partial charge on any atom is 0.363 e. The number of esters is 1. The van der Waals surface area contributed by atoms with Crippen molar-refractivity contribution in [2.45, 2.75) is 6.92 Å². The molecule has 2 rings (SSSR count). The van der Waals surface area contributed by atoms with Gasteiger partial charge in [-0.2, -0.15) is 4.39 Å². The zero-order valence-corrected chi connectivity index (χ0v) is 9.75. The molecule has 1 aromatic heterocycles. The molecule has 100 valence electrons. The third-order valence-electron chi connectivity index (χ3n) is 2.28. The number of hydrogen-bond donors (Lipinski definition) is 0. The molecule has 0 aliphatic rings. The molecule has 2 aromatic rings. The van der Waals surface area contributed by atoms with Gasteiger partial charge in [0.25, 0.3) is 0 Å². The second kappa shape index (κ2) is 5.13. The summed E-state index contributed by atoms with van der Waals surface area (Å²) in [6, 6.07) is 2.49. The van der Waals surface area contributed by atoms with Gasteiger partial charge in [-0.25, -0.2) is 13.6 Å². The molecule has 1 aromatic carbocycles. The first-order valence-corrected chi connectivity index (χ1v) is 5.32. The van der Waals surface area contributed by atoms with E-state index < -0.39 is 34.9 Å². The van der Waals surface area contributed by atoms with Gasteiger partial charge in [-0.1, -0.05) is 5.16 Å². The van der Waals surface area contributed by atoms with Crippen molar-refractivity contribution < 1.29 is 27.2 Å². The molecule has 0 saturated carbocycles. The highest BCUT2D eigenvalue weighted by atomic mass is 19.1. The van der Waals surface area contributed by atoms with Crippen LogP contribution in [-0.2, 0) is 4.74 Å². The van der Waals surface area contributed by atoms with Crippen LogP contribution in [0, 0.1) is 17.5 Å². The van der Waals surface area contributed by atoms with E-state index in [1.807, 2.05) is 0 Å². The van der Waals surface area contributed by atoms with E-state index in [0.29, 0.717) is 6.07 Å².